The number of hydrogen-bond acceptors (Lipinski definition) is 1. The molecule has 0 N–H and O–H groups in total. The molecule has 4 aromatic carbocycles. The van der Waals surface area contributed by atoms with Gasteiger partial charge in [-0.2, -0.15) is 0 Å². The first-order valence-corrected chi connectivity index (χ1v) is 17.3. The molecule has 1 aromatic heterocycles. The van der Waals surface area contributed by atoms with Crippen LogP contribution in [-0.4, -0.2) is 0 Å². The lowest BCUT2D eigenvalue weighted by atomic mass is 9.55. The SMILES string of the molecule is CC/C(=C\C=C/I)c1cccc(-c2cccc3c2sc2c(C4=C5C6CCC6c6ccccc6[C@@H]5CC=C4)cccc23)c1. The molecule has 3 aliphatic rings. The molecule has 3 atom stereocenters. The molecular formula is C40H33IS. The summed E-state index contributed by atoms with van der Waals surface area (Å²) in [4.78, 5) is 0. The Morgan fingerprint density at radius 3 is 2.33 bits per heavy atom. The largest absolute Gasteiger partial charge is 0.134 e. The maximum atomic E-state index is 2.46. The number of fused-ring (bicyclic) bond motifs is 9. The van der Waals surface area contributed by atoms with E-state index in [0.717, 1.165) is 12.8 Å². The molecule has 1 saturated carbocycles. The van der Waals surface area contributed by atoms with Gasteiger partial charge in [-0.1, -0.05) is 138 Å². The van der Waals surface area contributed by atoms with E-state index in [1.807, 2.05) is 11.3 Å². The summed E-state index contributed by atoms with van der Waals surface area (Å²) >= 11 is 4.28. The lowest BCUT2D eigenvalue weighted by molar-refractivity contribution is 0.271. The monoisotopic (exact) mass is 672 g/mol. The molecule has 1 fully saturated rings. The van der Waals surface area contributed by atoms with Crippen LogP contribution in [0, 0.1) is 5.92 Å². The molecule has 0 radical (unpaired) electrons. The predicted molar refractivity (Wildman–Crippen MR) is 192 cm³/mol. The predicted octanol–water partition coefficient (Wildman–Crippen LogP) is 12.5. The van der Waals surface area contributed by atoms with Crippen LogP contribution in [0.15, 0.2) is 119 Å². The van der Waals surface area contributed by atoms with Crippen LogP contribution in [0.5, 0.6) is 0 Å². The van der Waals surface area contributed by atoms with Crippen molar-refractivity contribution in [3.63, 3.8) is 0 Å². The molecule has 42 heavy (non-hydrogen) atoms. The van der Waals surface area contributed by atoms with Crippen molar-refractivity contribution < 1.29 is 0 Å². The third-order valence-electron chi connectivity index (χ3n) is 9.90. The van der Waals surface area contributed by atoms with Gasteiger partial charge >= 0.3 is 0 Å². The van der Waals surface area contributed by atoms with Crippen LogP contribution < -0.4 is 0 Å². The molecule has 206 valence electrons. The van der Waals surface area contributed by atoms with E-state index < -0.39 is 0 Å². The lowest BCUT2D eigenvalue weighted by Gasteiger charge is -2.49. The summed E-state index contributed by atoms with van der Waals surface area (Å²) in [6, 6.07) is 32.3. The highest BCUT2D eigenvalue weighted by Crippen LogP contribution is 2.60. The highest BCUT2D eigenvalue weighted by Gasteiger charge is 2.45. The average molecular weight is 673 g/mol. The van der Waals surface area contributed by atoms with Gasteiger partial charge in [0.25, 0.3) is 0 Å². The molecule has 0 nitrogen and oxygen atoms in total. The van der Waals surface area contributed by atoms with Gasteiger partial charge in [0.05, 0.1) is 0 Å². The molecule has 3 aliphatic carbocycles. The van der Waals surface area contributed by atoms with E-state index >= 15 is 0 Å². The van der Waals surface area contributed by atoms with Gasteiger partial charge < -0.3 is 0 Å². The molecule has 8 rings (SSSR count). The Morgan fingerprint density at radius 2 is 1.57 bits per heavy atom. The minimum absolute atomic E-state index is 0.522. The van der Waals surface area contributed by atoms with Crippen molar-refractivity contribution in [1.82, 2.24) is 0 Å². The quantitative estimate of drug-likeness (QED) is 0.129. The Hall–Kier alpha value is -3.21. The summed E-state index contributed by atoms with van der Waals surface area (Å²) < 4.78 is 4.90. The maximum Gasteiger partial charge on any atom is 0.0434 e. The van der Waals surface area contributed by atoms with Crippen molar-refractivity contribution in [3.8, 4) is 11.1 Å². The van der Waals surface area contributed by atoms with Crippen LogP contribution in [0.3, 0.4) is 0 Å². The highest BCUT2D eigenvalue weighted by atomic mass is 127. The van der Waals surface area contributed by atoms with Gasteiger partial charge in [-0.15, -0.1) is 11.3 Å². The number of halogens is 1. The fraction of sp³-hybridized carbons (Fsp3) is 0.200. The topological polar surface area (TPSA) is 0 Å². The number of allylic oxidation sites excluding steroid dienone is 7. The van der Waals surface area contributed by atoms with E-state index in [9.17, 15) is 0 Å². The maximum absolute atomic E-state index is 2.46. The van der Waals surface area contributed by atoms with E-state index in [0.29, 0.717) is 17.8 Å². The van der Waals surface area contributed by atoms with Crippen molar-refractivity contribution >= 4 is 65.2 Å². The Morgan fingerprint density at radius 1 is 0.833 bits per heavy atom. The summed E-state index contributed by atoms with van der Waals surface area (Å²) in [7, 11) is 0. The minimum atomic E-state index is 0.522. The second-order valence-corrected chi connectivity index (χ2v) is 13.6. The summed E-state index contributed by atoms with van der Waals surface area (Å²) in [6.07, 6.45) is 14.1. The number of benzene rings is 4. The van der Waals surface area contributed by atoms with Crippen LogP contribution in [0.25, 0.3) is 42.4 Å². The molecule has 0 amide bonds. The standard InChI is InChI=1S/C40H33IS/c1-2-25(12-9-23-41)26-10-5-11-27(24-26)28-15-6-19-36-37-20-8-18-35(40(37)42-39(28)36)33-17-7-16-32-30-14-4-3-13-29(30)31-21-22-34(31)38(32)33/h3-15,17-20,23-24,31-32,34H,2,16,21-22H2,1H3/b23-9-,25-12+/t31?,32-,34?/m0/s1. The number of rotatable bonds is 5. The Labute approximate surface area is 266 Å². The number of thiophene rings is 1. The Balaban J connectivity index is 1.30. The third kappa shape index (κ3) is 4.13. The van der Waals surface area contributed by atoms with Crippen molar-refractivity contribution in [2.75, 3.05) is 0 Å². The van der Waals surface area contributed by atoms with Gasteiger partial charge in [-0.25, -0.2) is 0 Å². The first-order valence-electron chi connectivity index (χ1n) is 15.3. The summed E-state index contributed by atoms with van der Waals surface area (Å²) in [5.41, 5.74) is 13.1. The number of hydrogen-bond donors (Lipinski definition) is 0. The van der Waals surface area contributed by atoms with Crippen molar-refractivity contribution in [2.24, 2.45) is 5.92 Å². The van der Waals surface area contributed by atoms with Crippen LogP contribution in [0.2, 0.25) is 0 Å². The molecule has 0 spiro atoms. The van der Waals surface area contributed by atoms with Crippen LogP contribution in [0.4, 0.5) is 0 Å². The van der Waals surface area contributed by atoms with Crippen LogP contribution in [0.1, 0.15) is 66.7 Å². The van der Waals surface area contributed by atoms with Crippen LogP contribution in [-0.2, 0) is 0 Å². The second-order valence-electron chi connectivity index (χ2n) is 11.9. The van der Waals surface area contributed by atoms with Crippen LogP contribution >= 0.6 is 33.9 Å². The lowest BCUT2D eigenvalue weighted by Crippen LogP contribution is -2.35. The molecule has 2 unspecified atom stereocenters. The van der Waals surface area contributed by atoms with Gasteiger partial charge in [0.15, 0.2) is 0 Å². The summed E-state index contributed by atoms with van der Waals surface area (Å²) in [5, 5.41) is 2.76. The highest BCUT2D eigenvalue weighted by molar-refractivity contribution is 14.1. The fourth-order valence-electron chi connectivity index (χ4n) is 7.86. The average Bonchev–Trinajstić information content (AvgIpc) is 3.41. The smallest absolute Gasteiger partial charge is 0.0434 e. The van der Waals surface area contributed by atoms with E-state index in [1.54, 1.807) is 16.7 Å². The van der Waals surface area contributed by atoms with Gasteiger partial charge in [-0.3, -0.25) is 0 Å². The van der Waals surface area contributed by atoms with E-state index in [1.165, 1.54) is 66.4 Å². The zero-order chi connectivity index (χ0) is 28.2. The molecule has 1 heterocycles. The van der Waals surface area contributed by atoms with Crippen molar-refractivity contribution in [2.45, 2.75) is 44.4 Å². The zero-order valence-corrected chi connectivity index (χ0v) is 26.8. The van der Waals surface area contributed by atoms with Gasteiger partial charge in [0, 0.05) is 26.1 Å². The van der Waals surface area contributed by atoms with Crippen molar-refractivity contribution in [1.29, 1.82) is 0 Å². The van der Waals surface area contributed by atoms with E-state index in [4.69, 9.17) is 0 Å². The van der Waals surface area contributed by atoms with E-state index in [2.05, 4.69) is 143 Å². The molecule has 0 aliphatic heterocycles. The fourth-order valence-corrected chi connectivity index (χ4v) is 9.43. The Bertz CT molecular complexity index is 1980. The first-order chi connectivity index (χ1) is 20.8. The molecule has 0 saturated heterocycles. The first kappa shape index (κ1) is 26.4. The van der Waals surface area contributed by atoms with Gasteiger partial charge in [0.2, 0.25) is 0 Å². The normalized spacial score (nSPS) is 21.5. The Kier molecular flexibility index (Phi) is 6.80. The molecule has 2 heteroatoms. The summed E-state index contributed by atoms with van der Waals surface area (Å²) in [6.45, 7) is 2.24. The van der Waals surface area contributed by atoms with E-state index in [-0.39, 0.29) is 0 Å². The zero-order valence-electron chi connectivity index (χ0n) is 23.8. The summed E-state index contributed by atoms with van der Waals surface area (Å²) in [5.74, 6) is 1.91. The molecular weight excluding hydrogens is 639 g/mol. The second kappa shape index (κ2) is 10.8. The molecule has 5 aromatic rings. The molecule has 0 bridgehead atoms. The third-order valence-corrected chi connectivity index (χ3v) is 11.6. The minimum Gasteiger partial charge on any atom is -0.134 e. The van der Waals surface area contributed by atoms with Gasteiger partial charge in [0.1, 0.15) is 0 Å². The van der Waals surface area contributed by atoms with Crippen molar-refractivity contribution in [3.05, 3.63) is 141 Å². The van der Waals surface area contributed by atoms with Gasteiger partial charge in [-0.05, 0) is 92.2 Å².